The lowest BCUT2D eigenvalue weighted by atomic mass is 10.2. The van der Waals surface area contributed by atoms with E-state index in [0.717, 1.165) is 17.1 Å². The van der Waals surface area contributed by atoms with Gasteiger partial charge >= 0.3 is 6.09 Å². The first kappa shape index (κ1) is 27.7. The van der Waals surface area contributed by atoms with Crippen LogP contribution in [0.2, 0.25) is 5.02 Å². The fourth-order valence-electron chi connectivity index (χ4n) is 4.37. The molecule has 1 aromatic carbocycles. The Labute approximate surface area is 231 Å². The van der Waals surface area contributed by atoms with E-state index in [9.17, 15) is 14.4 Å². The van der Waals surface area contributed by atoms with Crippen molar-refractivity contribution in [3.8, 4) is 0 Å². The summed E-state index contributed by atoms with van der Waals surface area (Å²) >= 11 is 7.72. The van der Waals surface area contributed by atoms with Gasteiger partial charge in [0.15, 0.2) is 0 Å². The Morgan fingerprint density at radius 3 is 2.50 bits per heavy atom. The predicted octanol–water partition coefficient (Wildman–Crippen LogP) is 4.61. The molecule has 3 amide bonds. The number of amides is 3. The zero-order valence-electron chi connectivity index (χ0n) is 21.6. The maximum Gasteiger partial charge on any atom is 0.409 e. The second-order valence-corrected chi connectivity index (χ2v) is 10.3. The standard InChI is InChI=1S/C27H32ClN5O4S/c1-3-11-33(25(34)21-9-5-6-10-22(21)28)17-20-8-7-12-32(20)18-24-29-23(19-38-24)26(35)30-13-15-31(16-14-30)27(36)37-4-2/h5-10,12,19H,3-4,11,13-18H2,1-2H3. The van der Waals surface area contributed by atoms with E-state index in [1.165, 1.54) is 11.3 Å². The molecule has 0 atom stereocenters. The van der Waals surface area contributed by atoms with Gasteiger partial charge < -0.3 is 24.0 Å². The molecule has 0 bridgehead atoms. The SMILES string of the molecule is CCCN(Cc1cccn1Cc1nc(C(=O)N2CCN(C(=O)OCC)CC2)cs1)C(=O)c1ccccc1Cl. The molecule has 0 radical (unpaired) electrons. The normalized spacial score (nSPS) is 13.4. The number of nitrogens with zero attached hydrogens (tertiary/aromatic N) is 5. The van der Waals surface area contributed by atoms with E-state index in [2.05, 4.69) is 4.98 Å². The molecule has 9 nitrogen and oxygen atoms in total. The van der Waals surface area contributed by atoms with Crippen LogP contribution in [-0.2, 0) is 17.8 Å². The average Bonchev–Trinajstić information content (AvgIpc) is 3.58. The van der Waals surface area contributed by atoms with Gasteiger partial charge in [-0.2, -0.15) is 0 Å². The summed E-state index contributed by atoms with van der Waals surface area (Å²) in [6, 6.07) is 11.0. The summed E-state index contributed by atoms with van der Waals surface area (Å²) in [6.07, 6.45) is 2.43. The summed E-state index contributed by atoms with van der Waals surface area (Å²) in [5.41, 5.74) is 1.87. The lowest BCUT2D eigenvalue weighted by molar-refractivity contribution is 0.0566. The number of piperazine rings is 1. The van der Waals surface area contributed by atoms with Crippen molar-refractivity contribution in [3.63, 3.8) is 0 Å². The first-order valence-electron chi connectivity index (χ1n) is 12.7. The second-order valence-electron chi connectivity index (χ2n) is 8.94. The summed E-state index contributed by atoms with van der Waals surface area (Å²) in [6.45, 7) is 7.45. The highest BCUT2D eigenvalue weighted by Crippen LogP contribution is 2.20. The van der Waals surface area contributed by atoms with Crippen LogP contribution in [-0.4, -0.2) is 81.5 Å². The average molecular weight is 558 g/mol. The zero-order chi connectivity index (χ0) is 27.1. The Hall–Kier alpha value is -3.37. The first-order chi connectivity index (χ1) is 18.4. The van der Waals surface area contributed by atoms with E-state index in [-0.39, 0.29) is 17.9 Å². The molecule has 0 spiro atoms. The van der Waals surface area contributed by atoms with Crippen molar-refractivity contribution >= 4 is 40.8 Å². The second kappa shape index (κ2) is 12.9. The third-order valence-electron chi connectivity index (χ3n) is 6.33. The third kappa shape index (κ3) is 6.54. The largest absolute Gasteiger partial charge is 0.450 e. The van der Waals surface area contributed by atoms with Gasteiger partial charge in [0.2, 0.25) is 0 Å². The van der Waals surface area contributed by atoms with Gasteiger partial charge in [0.05, 0.1) is 30.3 Å². The lowest BCUT2D eigenvalue weighted by Crippen LogP contribution is -2.50. The van der Waals surface area contributed by atoms with E-state index >= 15 is 0 Å². The van der Waals surface area contributed by atoms with Gasteiger partial charge in [-0.3, -0.25) is 9.59 Å². The van der Waals surface area contributed by atoms with Crippen LogP contribution in [0.4, 0.5) is 4.79 Å². The van der Waals surface area contributed by atoms with Crippen molar-refractivity contribution < 1.29 is 19.1 Å². The molecule has 2 aromatic heterocycles. The van der Waals surface area contributed by atoms with Crippen molar-refractivity contribution in [2.75, 3.05) is 39.3 Å². The van der Waals surface area contributed by atoms with Crippen LogP contribution >= 0.6 is 22.9 Å². The van der Waals surface area contributed by atoms with Crippen LogP contribution in [0.3, 0.4) is 0 Å². The predicted molar refractivity (Wildman–Crippen MR) is 147 cm³/mol. The van der Waals surface area contributed by atoms with Crippen molar-refractivity contribution in [2.45, 2.75) is 33.4 Å². The molecule has 3 heterocycles. The molecule has 202 valence electrons. The van der Waals surface area contributed by atoms with Crippen LogP contribution < -0.4 is 0 Å². The fraction of sp³-hybridized carbons (Fsp3) is 0.407. The minimum atomic E-state index is -0.343. The Bertz CT molecular complexity index is 1270. The Kier molecular flexibility index (Phi) is 9.41. The van der Waals surface area contributed by atoms with E-state index in [1.807, 2.05) is 42.0 Å². The number of hydrogen-bond donors (Lipinski definition) is 0. The molecular formula is C27H32ClN5O4S. The summed E-state index contributed by atoms with van der Waals surface area (Å²) in [5, 5.41) is 3.02. The molecule has 1 saturated heterocycles. The monoisotopic (exact) mass is 557 g/mol. The molecule has 0 saturated carbocycles. The van der Waals surface area contributed by atoms with E-state index in [0.29, 0.717) is 68.7 Å². The third-order valence-corrected chi connectivity index (χ3v) is 7.49. The lowest BCUT2D eigenvalue weighted by Gasteiger charge is -2.33. The number of benzene rings is 1. The number of rotatable bonds is 9. The molecule has 4 rings (SSSR count). The van der Waals surface area contributed by atoms with Crippen LogP contribution in [0.15, 0.2) is 48.0 Å². The maximum absolute atomic E-state index is 13.2. The Morgan fingerprint density at radius 2 is 1.79 bits per heavy atom. The number of aromatic nitrogens is 2. The van der Waals surface area contributed by atoms with Crippen LogP contribution in [0.25, 0.3) is 0 Å². The number of halogens is 1. The molecule has 1 aliphatic rings. The minimum absolute atomic E-state index is 0.101. The molecule has 0 unspecified atom stereocenters. The Morgan fingerprint density at radius 1 is 1.05 bits per heavy atom. The van der Waals surface area contributed by atoms with Crippen LogP contribution in [0.5, 0.6) is 0 Å². The highest BCUT2D eigenvalue weighted by atomic mass is 35.5. The molecule has 0 N–H and O–H groups in total. The maximum atomic E-state index is 13.2. The van der Waals surface area contributed by atoms with Gasteiger partial charge in [0.1, 0.15) is 10.7 Å². The van der Waals surface area contributed by atoms with Crippen LogP contribution in [0, 0.1) is 0 Å². The molecule has 0 aliphatic carbocycles. The highest BCUT2D eigenvalue weighted by Gasteiger charge is 2.27. The smallest absolute Gasteiger partial charge is 0.409 e. The number of thiazole rings is 1. The summed E-state index contributed by atoms with van der Waals surface area (Å²) in [4.78, 5) is 47.9. The highest BCUT2D eigenvalue weighted by molar-refractivity contribution is 7.09. The molecular weight excluding hydrogens is 526 g/mol. The van der Waals surface area contributed by atoms with Crippen molar-refractivity contribution in [1.29, 1.82) is 0 Å². The molecule has 1 fully saturated rings. The quantitative estimate of drug-likeness (QED) is 0.383. The molecule has 3 aromatic rings. The van der Waals surface area contributed by atoms with Gasteiger partial charge in [-0.05, 0) is 37.6 Å². The number of carbonyl (C=O) groups is 3. The Balaban J connectivity index is 1.39. The van der Waals surface area contributed by atoms with Crippen molar-refractivity contribution in [3.05, 3.63) is 75.0 Å². The fourth-order valence-corrected chi connectivity index (χ4v) is 5.35. The molecule has 1 aliphatic heterocycles. The number of hydrogen-bond acceptors (Lipinski definition) is 6. The topological polar surface area (TPSA) is 88.0 Å². The summed E-state index contributed by atoms with van der Waals surface area (Å²) in [5.74, 6) is -0.237. The van der Waals surface area contributed by atoms with Crippen LogP contribution in [0.1, 0.15) is 51.8 Å². The van der Waals surface area contributed by atoms with E-state index < -0.39 is 0 Å². The minimum Gasteiger partial charge on any atom is -0.450 e. The number of ether oxygens (including phenoxy) is 1. The molecule has 11 heteroatoms. The van der Waals surface area contributed by atoms with Gasteiger partial charge in [-0.1, -0.05) is 30.7 Å². The zero-order valence-corrected chi connectivity index (χ0v) is 23.2. The summed E-state index contributed by atoms with van der Waals surface area (Å²) in [7, 11) is 0. The van der Waals surface area contributed by atoms with Gasteiger partial charge in [0, 0.05) is 50.0 Å². The van der Waals surface area contributed by atoms with Crippen molar-refractivity contribution in [1.82, 2.24) is 24.3 Å². The molecule has 38 heavy (non-hydrogen) atoms. The summed E-state index contributed by atoms with van der Waals surface area (Å²) < 4.78 is 7.10. The van der Waals surface area contributed by atoms with E-state index in [4.69, 9.17) is 16.3 Å². The van der Waals surface area contributed by atoms with Gasteiger partial charge in [-0.15, -0.1) is 11.3 Å². The number of carbonyl (C=O) groups excluding carboxylic acids is 3. The van der Waals surface area contributed by atoms with Gasteiger partial charge in [0.25, 0.3) is 11.8 Å². The van der Waals surface area contributed by atoms with Gasteiger partial charge in [-0.25, -0.2) is 9.78 Å². The first-order valence-corrected chi connectivity index (χ1v) is 14.0. The van der Waals surface area contributed by atoms with Crippen molar-refractivity contribution in [2.24, 2.45) is 0 Å². The van der Waals surface area contributed by atoms with E-state index in [1.54, 1.807) is 39.1 Å².